The van der Waals surface area contributed by atoms with E-state index in [0.29, 0.717) is 78.7 Å². The molecule has 1 aliphatic rings. The molecule has 8 nitrogen and oxygen atoms in total. The number of methoxy groups -OCH3 is 1. The molecule has 0 fully saturated rings. The first-order chi connectivity index (χ1) is 15.7. The van der Waals surface area contributed by atoms with Crippen LogP contribution in [-0.2, 0) is 4.79 Å². The fourth-order valence-electron chi connectivity index (χ4n) is 3.51. The zero-order valence-corrected chi connectivity index (χ0v) is 17.8. The Hall–Kier alpha value is -3.99. The van der Waals surface area contributed by atoms with Crippen LogP contribution in [0.2, 0.25) is 0 Å². The van der Waals surface area contributed by atoms with Gasteiger partial charge >= 0.3 is 0 Å². The van der Waals surface area contributed by atoms with Gasteiger partial charge in [0.05, 0.1) is 42.8 Å². The van der Waals surface area contributed by atoms with Crippen LogP contribution >= 0.6 is 0 Å². The summed E-state index contributed by atoms with van der Waals surface area (Å²) in [6, 6.07) is 13.3. The van der Waals surface area contributed by atoms with E-state index >= 15 is 0 Å². The number of rotatable bonds is 1. The van der Waals surface area contributed by atoms with Crippen LogP contribution in [0.5, 0.6) is 17.2 Å². The maximum absolute atomic E-state index is 12.0. The maximum Gasteiger partial charge on any atom is 0.220 e. The van der Waals surface area contributed by atoms with Gasteiger partial charge in [-0.25, -0.2) is 0 Å². The van der Waals surface area contributed by atoms with E-state index in [0.717, 1.165) is 5.39 Å². The number of carbonyl (C=O) groups is 1. The summed E-state index contributed by atoms with van der Waals surface area (Å²) in [5.74, 6) is 1.71. The van der Waals surface area contributed by atoms with E-state index < -0.39 is 0 Å². The Bertz CT molecular complexity index is 1170. The van der Waals surface area contributed by atoms with Crippen molar-refractivity contribution in [2.24, 2.45) is 0 Å². The molecule has 0 aliphatic carbocycles. The van der Waals surface area contributed by atoms with E-state index in [1.807, 2.05) is 30.3 Å². The fourth-order valence-corrected chi connectivity index (χ4v) is 3.51. The average molecular weight is 432 g/mol. The van der Waals surface area contributed by atoms with Crippen LogP contribution in [0.15, 0.2) is 42.6 Å². The van der Waals surface area contributed by atoms with Crippen molar-refractivity contribution in [3.05, 3.63) is 48.2 Å². The second kappa shape index (κ2) is 9.88. The Morgan fingerprint density at radius 1 is 1.12 bits per heavy atom. The number of aromatic nitrogens is 1. The van der Waals surface area contributed by atoms with Crippen molar-refractivity contribution in [1.29, 1.82) is 5.26 Å². The number of pyridine rings is 1. The standard InChI is InChI=1S/C24H24N4O4/c1-30-21-13-19-17-12-22(21)32-11-5-9-26-23(29)8-4-10-31-20-7-3-2-6-18(20)28-24(17)16(14-25)15-27-19/h2-3,6-7,12-13,15,28H,4-5,8-11H2,1H3,(H,26,29). The van der Waals surface area contributed by atoms with E-state index in [-0.39, 0.29) is 5.91 Å². The molecule has 164 valence electrons. The number of nitriles is 1. The molecule has 0 saturated heterocycles. The number of ether oxygens (including phenoxy) is 3. The maximum atomic E-state index is 12.0. The summed E-state index contributed by atoms with van der Waals surface area (Å²) < 4.78 is 17.4. The summed E-state index contributed by atoms with van der Waals surface area (Å²) in [4.78, 5) is 16.4. The number of nitrogens with zero attached hydrogens (tertiary/aromatic N) is 2. The van der Waals surface area contributed by atoms with Crippen LogP contribution in [0.4, 0.5) is 11.4 Å². The van der Waals surface area contributed by atoms with Gasteiger partial charge in [0, 0.05) is 30.6 Å². The third kappa shape index (κ3) is 4.67. The number of amides is 1. The van der Waals surface area contributed by atoms with Crippen molar-refractivity contribution in [2.45, 2.75) is 19.3 Å². The van der Waals surface area contributed by atoms with Crippen molar-refractivity contribution in [2.75, 3.05) is 32.2 Å². The van der Waals surface area contributed by atoms with Gasteiger partial charge in [-0.05, 0) is 31.0 Å². The molecule has 0 unspecified atom stereocenters. The quantitative estimate of drug-likeness (QED) is 0.600. The largest absolute Gasteiger partial charge is 0.493 e. The number of hydrogen-bond donors (Lipinski definition) is 2. The number of fused-ring (bicyclic) bond motifs is 2. The Morgan fingerprint density at radius 3 is 2.78 bits per heavy atom. The molecule has 2 heterocycles. The first-order valence-electron chi connectivity index (χ1n) is 10.5. The van der Waals surface area contributed by atoms with E-state index in [1.54, 1.807) is 13.2 Å². The van der Waals surface area contributed by atoms with Gasteiger partial charge in [-0.15, -0.1) is 0 Å². The number of carbonyl (C=O) groups excluding carboxylic acids is 1. The molecule has 0 saturated carbocycles. The second-order valence-corrected chi connectivity index (χ2v) is 7.30. The van der Waals surface area contributed by atoms with Gasteiger partial charge in [-0.3, -0.25) is 9.78 Å². The highest BCUT2D eigenvalue weighted by atomic mass is 16.5. The van der Waals surface area contributed by atoms with Gasteiger partial charge in [0.1, 0.15) is 11.8 Å². The smallest absolute Gasteiger partial charge is 0.220 e. The van der Waals surface area contributed by atoms with Gasteiger partial charge in [0.25, 0.3) is 0 Å². The molecule has 0 atom stereocenters. The van der Waals surface area contributed by atoms with Gasteiger partial charge in [-0.1, -0.05) is 12.1 Å². The minimum Gasteiger partial charge on any atom is -0.493 e. The number of benzene rings is 2. The van der Waals surface area contributed by atoms with Crippen molar-refractivity contribution in [3.8, 4) is 23.3 Å². The third-order valence-electron chi connectivity index (χ3n) is 5.13. The molecule has 0 radical (unpaired) electrons. The summed E-state index contributed by atoms with van der Waals surface area (Å²) in [6.07, 6.45) is 3.16. The van der Waals surface area contributed by atoms with Crippen LogP contribution < -0.4 is 24.8 Å². The van der Waals surface area contributed by atoms with Crippen LogP contribution in [0.1, 0.15) is 24.8 Å². The average Bonchev–Trinajstić information content (AvgIpc) is 2.82. The lowest BCUT2D eigenvalue weighted by Crippen LogP contribution is -2.25. The van der Waals surface area contributed by atoms with Crippen LogP contribution in [0, 0.1) is 11.3 Å². The highest BCUT2D eigenvalue weighted by Gasteiger charge is 2.16. The zero-order valence-electron chi connectivity index (χ0n) is 17.8. The predicted octanol–water partition coefficient (Wildman–Crippen LogP) is 3.92. The van der Waals surface area contributed by atoms with Crippen molar-refractivity contribution >= 4 is 28.2 Å². The first kappa shape index (κ1) is 21.2. The first-order valence-corrected chi connectivity index (χ1v) is 10.5. The molecule has 2 N–H and O–H groups in total. The second-order valence-electron chi connectivity index (χ2n) is 7.30. The number of nitrogens with one attached hydrogen (secondary N) is 2. The molecule has 4 rings (SSSR count). The molecule has 3 aromatic rings. The topological polar surface area (TPSA) is 106 Å². The fraction of sp³-hybridized carbons (Fsp3) is 0.292. The monoisotopic (exact) mass is 432 g/mol. The highest BCUT2D eigenvalue weighted by Crippen LogP contribution is 2.38. The summed E-state index contributed by atoms with van der Waals surface area (Å²) >= 11 is 0. The zero-order chi connectivity index (χ0) is 22.3. The lowest BCUT2D eigenvalue weighted by molar-refractivity contribution is -0.121. The van der Waals surface area contributed by atoms with Gasteiger partial charge < -0.3 is 24.8 Å². The van der Waals surface area contributed by atoms with Crippen LogP contribution in [0.25, 0.3) is 10.9 Å². The molecule has 32 heavy (non-hydrogen) atoms. The van der Waals surface area contributed by atoms with Gasteiger partial charge in [0.2, 0.25) is 5.91 Å². The molecule has 2 aromatic carbocycles. The summed E-state index contributed by atoms with van der Waals surface area (Å²) in [5.41, 5.74) is 2.39. The third-order valence-corrected chi connectivity index (χ3v) is 5.13. The number of anilines is 2. The van der Waals surface area contributed by atoms with Gasteiger partial charge in [0.15, 0.2) is 11.5 Å². The normalized spacial score (nSPS) is 14.7. The molecule has 8 heteroatoms. The molecular formula is C24H24N4O4. The van der Waals surface area contributed by atoms with E-state index in [4.69, 9.17) is 14.2 Å². The van der Waals surface area contributed by atoms with Crippen molar-refractivity contribution < 1.29 is 19.0 Å². The Morgan fingerprint density at radius 2 is 1.94 bits per heavy atom. The minimum absolute atomic E-state index is 0.0135. The van der Waals surface area contributed by atoms with E-state index in [1.165, 1.54) is 6.20 Å². The lowest BCUT2D eigenvalue weighted by Gasteiger charge is -2.17. The summed E-state index contributed by atoms with van der Waals surface area (Å²) in [7, 11) is 1.57. The molecule has 1 amide bonds. The number of hydrogen-bond acceptors (Lipinski definition) is 7. The molecular weight excluding hydrogens is 408 g/mol. The lowest BCUT2D eigenvalue weighted by atomic mass is 10.1. The molecule has 1 aromatic heterocycles. The minimum atomic E-state index is -0.0135. The Labute approximate surface area is 186 Å². The highest BCUT2D eigenvalue weighted by molar-refractivity contribution is 5.98. The Balaban J connectivity index is 1.81. The van der Waals surface area contributed by atoms with Gasteiger partial charge in [-0.2, -0.15) is 5.26 Å². The molecule has 0 spiro atoms. The molecule has 2 bridgehead atoms. The van der Waals surface area contributed by atoms with Crippen molar-refractivity contribution in [1.82, 2.24) is 10.3 Å². The number of para-hydroxylation sites is 2. The molecule has 1 aliphatic heterocycles. The van der Waals surface area contributed by atoms with E-state index in [2.05, 4.69) is 21.7 Å². The summed E-state index contributed by atoms with van der Waals surface area (Å²) in [5, 5.41) is 16.7. The van der Waals surface area contributed by atoms with Crippen LogP contribution in [0.3, 0.4) is 0 Å². The van der Waals surface area contributed by atoms with E-state index in [9.17, 15) is 10.1 Å². The van der Waals surface area contributed by atoms with Crippen molar-refractivity contribution in [3.63, 3.8) is 0 Å². The Kier molecular flexibility index (Phi) is 6.56. The van der Waals surface area contributed by atoms with Crippen LogP contribution in [-0.4, -0.2) is 37.8 Å². The predicted molar refractivity (Wildman–Crippen MR) is 121 cm³/mol. The summed E-state index contributed by atoms with van der Waals surface area (Å²) in [6.45, 7) is 1.33. The SMILES string of the molecule is COc1cc2ncc(C#N)c3c2cc1OCCCNC(=O)CCCOc1ccccc1N3.